The Morgan fingerprint density at radius 3 is 2.58 bits per heavy atom. The molecule has 0 unspecified atom stereocenters. The van der Waals surface area contributed by atoms with Gasteiger partial charge in [0.1, 0.15) is 0 Å². The van der Waals surface area contributed by atoms with E-state index in [1.807, 2.05) is 18.3 Å². The summed E-state index contributed by atoms with van der Waals surface area (Å²) in [5.41, 5.74) is 8.02. The summed E-state index contributed by atoms with van der Waals surface area (Å²) in [6.07, 6.45) is 11.7. The highest BCUT2D eigenvalue weighted by molar-refractivity contribution is 6.00. The highest BCUT2D eigenvalue weighted by atomic mass is 14.9. The summed E-state index contributed by atoms with van der Waals surface area (Å²) in [6.45, 7) is 0. The molecule has 3 nitrogen and oxygen atoms in total. The van der Waals surface area contributed by atoms with Crippen LogP contribution in [0, 0.1) is 0 Å². The number of benzene rings is 1. The molecule has 0 saturated heterocycles. The van der Waals surface area contributed by atoms with Gasteiger partial charge in [0.2, 0.25) is 0 Å². The van der Waals surface area contributed by atoms with Crippen molar-refractivity contribution in [3.63, 3.8) is 0 Å². The molecule has 3 heteroatoms. The topological polar surface area (TPSA) is 50.9 Å². The molecule has 0 bridgehead atoms. The Labute approximate surface area is 114 Å². The molecule has 1 aliphatic carbocycles. The second-order valence-corrected chi connectivity index (χ2v) is 5.46. The molecular weight excluding hydrogens is 234 g/mol. The normalized spacial score (nSPS) is 17.3. The monoisotopic (exact) mass is 255 g/mol. The van der Waals surface area contributed by atoms with Crippen molar-refractivity contribution < 1.29 is 0 Å². The maximum absolute atomic E-state index is 6.03. The molecule has 1 aromatic heterocycles. The largest absolute Gasteiger partial charge is 0.398 e. The quantitative estimate of drug-likeness (QED) is 0.631. The average molecular weight is 255 g/mol. The summed E-state index contributed by atoms with van der Waals surface area (Å²) in [4.78, 5) is 4.23. The number of anilines is 2. The van der Waals surface area contributed by atoms with Gasteiger partial charge in [-0.05, 0) is 31.0 Å². The van der Waals surface area contributed by atoms with E-state index in [0.29, 0.717) is 6.04 Å². The third kappa shape index (κ3) is 2.65. The molecule has 0 radical (unpaired) electrons. The van der Waals surface area contributed by atoms with Crippen molar-refractivity contribution in [2.24, 2.45) is 0 Å². The van der Waals surface area contributed by atoms with Crippen molar-refractivity contribution in [3.8, 4) is 0 Å². The fraction of sp³-hybridized carbons (Fsp3) is 0.438. The Balaban J connectivity index is 1.90. The van der Waals surface area contributed by atoms with Gasteiger partial charge in [-0.15, -0.1) is 0 Å². The van der Waals surface area contributed by atoms with E-state index in [0.717, 1.165) is 16.5 Å². The second kappa shape index (κ2) is 5.47. The summed E-state index contributed by atoms with van der Waals surface area (Å²) in [7, 11) is 0. The van der Waals surface area contributed by atoms with E-state index in [4.69, 9.17) is 5.73 Å². The van der Waals surface area contributed by atoms with Gasteiger partial charge in [0.15, 0.2) is 0 Å². The van der Waals surface area contributed by atoms with E-state index in [9.17, 15) is 0 Å². The summed E-state index contributed by atoms with van der Waals surface area (Å²) in [6, 6.07) is 6.66. The predicted molar refractivity (Wildman–Crippen MR) is 81.3 cm³/mol. The van der Waals surface area contributed by atoms with Crippen molar-refractivity contribution in [3.05, 3.63) is 30.6 Å². The van der Waals surface area contributed by atoms with Crippen LogP contribution in [0.25, 0.3) is 10.8 Å². The second-order valence-electron chi connectivity index (χ2n) is 5.46. The van der Waals surface area contributed by atoms with Crippen molar-refractivity contribution in [2.45, 2.75) is 44.6 Å². The zero-order valence-corrected chi connectivity index (χ0v) is 11.2. The number of nitrogens with two attached hydrogens (primary N) is 1. The number of rotatable bonds is 2. The Kier molecular flexibility index (Phi) is 3.53. The lowest BCUT2D eigenvalue weighted by atomic mass is 10.1. The fourth-order valence-electron chi connectivity index (χ4n) is 2.98. The van der Waals surface area contributed by atoms with Gasteiger partial charge in [-0.1, -0.05) is 25.7 Å². The molecule has 19 heavy (non-hydrogen) atoms. The van der Waals surface area contributed by atoms with Gasteiger partial charge >= 0.3 is 0 Å². The molecule has 1 saturated carbocycles. The minimum atomic E-state index is 0.592. The standard InChI is InChI=1S/C16H21N3/c17-15-7-8-16(14-11-18-10-9-13(14)15)19-12-5-3-1-2-4-6-12/h7-12,19H,1-6,17H2. The minimum absolute atomic E-state index is 0.592. The highest BCUT2D eigenvalue weighted by Gasteiger charge is 2.13. The van der Waals surface area contributed by atoms with Gasteiger partial charge in [-0.2, -0.15) is 0 Å². The van der Waals surface area contributed by atoms with Crippen molar-refractivity contribution >= 4 is 22.1 Å². The Morgan fingerprint density at radius 1 is 1.00 bits per heavy atom. The van der Waals surface area contributed by atoms with Crippen LogP contribution in [-0.4, -0.2) is 11.0 Å². The number of nitrogen functional groups attached to an aromatic ring is 1. The first-order chi connectivity index (χ1) is 9.34. The number of hydrogen-bond acceptors (Lipinski definition) is 3. The van der Waals surface area contributed by atoms with Crippen molar-refractivity contribution in [1.29, 1.82) is 0 Å². The first kappa shape index (κ1) is 12.3. The van der Waals surface area contributed by atoms with Crippen LogP contribution in [0.15, 0.2) is 30.6 Å². The molecule has 3 rings (SSSR count). The van der Waals surface area contributed by atoms with Gasteiger partial charge in [-0.25, -0.2) is 0 Å². The van der Waals surface area contributed by atoms with Crippen LogP contribution in [-0.2, 0) is 0 Å². The molecule has 0 spiro atoms. The van der Waals surface area contributed by atoms with Gasteiger partial charge in [-0.3, -0.25) is 4.98 Å². The first-order valence-corrected chi connectivity index (χ1v) is 7.23. The van der Waals surface area contributed by atoms with E-state index in [1.165, 1.54) is 44.2 Å². The van der Waals surface area contributed by atoms with Crippen molar-refractivity contribution in [2.75, 3.05) is 11.1 Å². The van der Waals surface area contributed by atoms with Crippen molar-refractivity contribution in [1.82, 2.24) is 4.98 Å². The fourth-order valence-corrected chi connectivity index (χ4v) is 2.98. The number of nitrogens with zero attached hydrogens (tertiary/aromatic N) is 1. The number of aromatic nitrogens is 1. The van der Waals surface area contributed by atoms with E-state index in [1.54, 1.807) is 6.20 Å². The highest BCUT2D eigenvalue weighted by Crippen LogP contribution is 2.29. The molecule has 1 aromatic carbocycles. The maximum atomic E-state index is 6.03. The lowest BCUT2D eigenvalue weighted by Crippen LogP contribution is -2.18. The molecule has 1 aliphatic rings. The number of hydrogen-bond donors (Lipinski definition) is 2. The molecule has 1 fully saturated rings. The Hall–Kier alpha value is -1.77. The zero-order chi connectivity index (χ0) is 13.1. The van der Waals surface area contributed by atoms with Crippen LogP contribution < -0.4 is 11.1 Å². The first-order valence-electron chi connectivity index (χ1n) is 7.23. The summed E-state index contributed by atoms with van der Waals surface area (Å²) >= 11 is 0. The number of fused-ring (bicyclic) bond motifs is 1. The number of nitrogens with one attached hydrogen (secondary N) is 1. The van der Waals surface area contributed by atoms with E-state index < -0.39 is 0 Å². The summed E-state index contributed by atoms with van der Waals surface area (Å²) < 4.78 is 0. The average Bonchev–Trinajstić information content (AvgIpc) is 2.71. The molecule has 1 heterocycles. The Bertz CT molecular complexity index is 557. The summed E-state index contributed by atoms with van der Waals surface area (Å²) in [5.74, 6) is 0. The lowest BCUT2D eigenvalue weighted by Gasteiger charge is -2.19. The van der Waals surface area contributed by atoms with Gasteiger partial charge in [0.05, 0.1) is 0 Å². The van der Waals surface area contributed by atoms with E-state index >= 15 is 0 Å². The maximum Gasteiger partial charge on any atom is 0.0439 e. The SMILES string of the molecule is Nc1ccc(NC2CCCCCC2)c2cnccc12. The molecule has 0 amide bonds. The molecular formula is C16H21N3. The van der Waals surface area contributed by atoms with Crippen LogP contribution >= 0.6 is 0 Å². The molecule has 2 aromatic rings. The van der Waals surface area contributed by atoms with E-state index in [-0.39, 0.29) is 0 Å². The third-order valence-electron chi connectivity index (χ3n) is 4.07. The lowest BCUT2D eigenvalue weighted by molar-refractivity contribution is 0.620. The third-order valence-corrected chi connectivity index (χ3v) is 4.07. The molecule has 100 valence electrons. The number of pyridine rings is 1. The van der Waals surface area contributed by atoms with Crippen LogP contribution in [0.4, 0.5) is 11.4 Å². The Morgan fingerprint density at radius 2 is 1.79 bits per heavy atom. The van der Waals surface area contributed by atoms with Crippen LogP contribution in [0.1, 0.15) is 38.5 Å². The van der Waals surface area contributed by atoms with Crippen LogP contribution in [0.2, 0.25) is 0 Å². The molecule has 0 aliphatic heterocycles. The van der Waals surface area contributed by atoms with Gasteiger partial charge in [0.25, 0.3) is 0 Å². The smallest absolute Gasteiger partial charge is 0.0439 e. The molecule has 0 atom stereocenters. The predicted octanol–water partition coefficient (Wildman–Crippen LogP) is 3.95. The van der Waals surface area contributed by atoms with E-state index in [2.05, 4.69) is 16.4 Å². The summed E-state index contributed by atoms with van der Waals surface area (Å²) in [5, 5.41) is 5.92. The minimum Gasteiger partial charge on any atom is -0.398 e. The van der Waals surface area contributed by atoms with Gasteiger partial charge in [0, 0.05) is 40.6 Å². The molecule has 3 N–H and O–H groups in total. The van der Waals surface area contributed by atoms with Gasteiger partial charge < -0.3 is 11.1 Å². The zero-order valence-electron chi connectivity index (χ0n) is 11.2. The van der Waals surface area contributed by atoms with Crippen LogP contribution in [0.3, 0.4) is 0 Å². The van der Waals surface area contributed by atoms with Crippen LogP contribution in [0.5, 0.6) is 0 Å².